The molecule has 0 aromatic heterocycles. The topological polar surface area (TPSA) is 20.3 Å². The van der Waals surface area contributed by atoms with Crippen molar-refractivity contribution in [2.24, 2.45) is 0 Å². The van der Waals surface area contributed by atoms with Gasteiger partial charge >= 0.3 is 0 Å². The zero-order valence-corrected chi connectivity index (χ0v) is 8.66. The molecule has 1 heterocycles. The van der Waals surface area contributed by atoms with Gasteiger partial charge in [-0.25, -0.2) is 0 Å². The van der Waals surface area contributed by atoms with Crippen LogP contribution in [0.3, 0.4) is 0 Å². The first-order valence-corrected chi connectivity index (χ1v) is 5.13. The Labute approximate surface area is 84.5 Å². The van der Waals surface area contributed by atoms with Crippen molar-refractivity contribution in [2.45, 2.75) is 32.9 Å². The van der Waals surface area contributed by atoms with Crippen molar-refractivity contribution in [1.29, 1.82) is 0 Å². The average molecular weight is 189 g/mol. The molecule has 1 unspecified atom stereocenters. The Morgan fingerprint density at radius 1 is 1.43 bits per heavy atom. The van der Waals surface area contributed by atoms with Gasteiger partial charge in [-0.05, 0) is 25.0 Å². The Balaban J connectivity index is 2.30. The van der Waals surface area contributed by atoms with Gasteiger partial charge in [0.1, 0.15) is 0 Å². The van der Waals surface area contributed by atoms with Gasteiger partial charge in [-0.1, -0.05) is 25.1 Å². The van der Waals surface area contributed by atoms with Crippen molar-refractivity contribution in [2.75, 3.05) is 0 Å². The normalized spacial score (nSPS) is 17.0. The SMILES string of the molecule is CCC(C)N1Cc2ccccc2C1=O. The van der Waals surface area contributed by atoms with Gasteiger partial charge in [0.25, 0.3) is 5.91 Å². The summed E-state index contributed by atoms with van der Waals surface area (Å²) in [6.45, 7) is 4.99. The molecule has 1 aliphatic rings. The van der Waals surface area contributed by atoms with Crippen LogP contribution in [0.15, 0.2) is 24.3 Å². The fourth-order valence-corrected chi connectivity index (χ4v) is 1.85. The van der Waals surface area contributed by atoms with Crippen LogP contribution < -0.4 is 0 Å². The van der Waals surface area contributed by atoms with Gasteiger partial charge in [0, 0.05) is 18.2 Å². The highest BCUT2D eigenvalue weighted by atomic mass is 16.2. The van der Waals surface area contributed by atoms with E-state index in [0.29, 0.717) is 6.04 Å². The van der Waals surface area contributed by atoms with Crippen molar-refractivity contribution in [3.63, 3.8) is 0 Å². The molecule has 1 aliphatic heterocycles. The minimum atomic E-state index is 0.190. The molecule has 1 atom stereocenters. The first-order chi connectivity index (χ1) is 6.74. The number of nitrogens with zero attached hydrogens (tertiary/aromatic N) is 1. The molecule has 14 heavy (non-hydrogen) atoms. The molecule has 0 radical (unpaired) electrons. The monoisotopic (exact) mass is 189 g/mol. The molecule has 2 rings (SSSR count). The number of fused-ring (bicyclic) bond motifs is 1. The third kappa shape index (κ3) is 1.31. The number of carbonyl (C=O) groups is 1. The van der Waals surface area contributed by atoms with Gasteiger partial charge in [-0.15, -0.1) is 0 Å². The summed E-state index contributed by atoms with van der Waals surface area (Å²) in [5.41, 5.74) is 2.05. The summed E-state index contributed by atoms with van der Waals surface area (Å²) in [6.07, 6.45) is 1.01. The van der Waals surface area contributed by atoms with Crippen molar-refractivity contribution in [3.8, 4) is 0 Å². The molecule has 74 valence electrons. The molecule has 2 nitrogen and oxygen atoms in total. The second-order valence-electron chi connectivity index (χ2n) is 3.85. The van der Waals surface area contributed by atoms with Crippen LogP contribution in [0.2, 0.25) is 0 Å². The molecule has 0 N–H and O–H groups in total. The molecular formula is C12H15NO. The third-order valence-electron chi connectivity index (χ3n) is 2.97. The predicted molar refractivity (Wildman–Crippen MR) is 56.1 cm³/mol. The summed E-state index contributed by atoms with van der Waals surface area (Å²) in [5.74, 6) is 0.190. The van der Waals surface area contributed by atoms with Crippen LogP contribution in [0.1, 0.15) is 36.2 Å². The van der Waals surface area contributed by atoms with Gasteiger partial charge in [0.15, 0.2) is 0 Å². The Kier molecular flexibility index (Phi) is 2.28. The van der Waals surface area contributed by atoms with E-state index in [1.54, 1.807) is 0 Å². The summed E-state index contributed by atoms with van der Waals surface area (Å²) < 4.78 is 0. The molecule has 0 spiro atoms. The molecule has 0 aliphatic carbocycles. The number of hydrogen-bond donors (Lipinski definition) is 0. The second kappa shape index (κ2) is 3.45. The van der Waals surface area contributed by atoms with Crippen LogP contribution in [0.25, 0.3) is 0 Å². The molecule has 0 bridgehead atoms. The molecule has 2 heteroatoms. The van der Waals surface area contributed by atoms with Gasteiger partial charge in [0.05, 0.1) is 0 Å². The number of rotatable bonds is 2. The zero-order valence-electron chi connectivity index (χ0n) is 8.66. The van der Waals surface area contributed by atoms with Gasteiger partial charge in [-0.3, -0.25) is 4.79 Å². The van der Waals surface area contributed by atoms with Crippen molar-refractivity contribution in [3.05, 3.63) is 35.4 Å². The highest BCUT2D eigenvalue weighted by Gasteiger charge is 2.29. The van der Waals surface area contributed by atoms with E-state index in [-0.39, 0.29) is 5.91 Å². The summed E-state index contributed by atoms with van der Waals surface area (Å²) in [7, 11) is 0. The average Bonchev–Trinajstić information content (AvgIpc) is 2.56. The molecule has 0 saturated carbocycles. The molecule has 0 fully saturated rings. The Morgan fingerprint density at radius 3 is 2.79 bits per heavy atom. The lowest BCUT2D eigenvalue weighted by Crippen LogP contribution is -2.32. The lowest BCUT2D eigenvalue weighted by Gasteiger charge is -2.22. The number of amides is 1. The lowest BCUT2D eigenvalue weighted by atomic mass is 10.1. The standard InChI is InChI=1S/C12H15NO/c1-3-9(2)13-8-10-6-4-5-7-11(10)12(13)14/h4-7,9H,3,8H2,1-2H3. The van der Waals surface area contributed by atoms with Crippen molar-refractivity contribution in [1.82, 2.24) is 4.90 Å². The quantitative estimate of drug-likeness (QED) is 0.699. The van der Waals surface area contributed by atoms with Crippen LogP contribution in [0.5, 0.6) is 0 Å². The molecule has 1 amide bonds. The second-order valence-corrected chi connectivity index (χ2v) is 3.85. The van der Waals surface area contributed by atoms with Crippen LogP contribution >= 0.6 is 0 Å². The Hall–Kier alpha value is -1.31. The smallest absolute Gasteiger partial charge is 0.254 e. The predicted octanol–water partition coefficient (Wildman–Crippen LogP) is 2.44. The summed E-state index contributed by atoms with van der Waals surface area (Å²) in [5, 5.41) is 0. The van der Waals surface area contributed by atoms with Crippen LogP contribution in [0, 0.1) is 0 Å². The van der Waals surface area contributed by atoms with E-state index < -0.39 is 0 Å². The third-order valence-corrected chi connectivity index (χ3v) is 2.97. The molecular weight excluding hydrogens is 174 g/mol. The number of carbonyl (C=O) groups excluding carboxylic acids is 1. The van der Waals surface area contributed by atoms with E-state index in [1.165, 1.54) is 0 Å². The van der Waals surface area contributed by atoms with E-state index >= 15 is 0 Å². The van der Waals surface area contributed by atoms with Crippen LogP contribution in [0.4, 0.5) is 0 Å². The van der Waals surface area contributed by atoms with E-state index in [1.807, 2.05) is 29.2 Å². The Bertz CT molecular complexity index is 359. The van der Waals surface area contributed by atoms with Crippen LogP contribution in [-0.2, 0) is 6.54 Å². The van der Waals surface area contributed by atoms with E-state index in [4.69, 9.17) is 0 Å². The first-order valence-electron chi connectivity index (χ1n) is 5.13. The van der Waals surface area contributed by atoms with Gasteiger partial charge in [0.2, 0.25) is 0 Å². The maximum absolute atomic E-state index is 11.9. The minimum absolute atomic E-state index is 0.190. The highest BCUT2D eigenvalue weighted by Crippen LogP contribution is 2.24. The minimum Gasteiger partial charge on any atom is -0.332 e. The van der Waals surface area contributed by atoms with E-state index in [9.17, 15) is 4.79 Å². The molecule has 1 aromatic carbocycles. The maximum Gasteiger partial charge on any atom is 0.254 e. The molecule has 1 aromatic rings. The van der Waals surface area contributed by atoms with Gasteiger partial charge in [-0.2, -0.15) is 0 Å². The lowest BCUT2D eigenvalue weighted by molar-refractivity contribution is 0.0713. The molecule has 0 saturated heterocycles. The summed E-state index contributed by atoms with van der Waals surface area (Å²) >= 11 is 0. The highest BCUT2D eigenvalue weighted by molar-refractivity contribution is 5.98. The fraction of sp³-hybridized carbons (Fsp3) is 0.417. The van der Waals surface area contributed by atoms with E-state index in [2.05, 4.69) is 13.8 Å². The first kappa shape index (κ1) is 9.25. The maximum atomic E-state index is 11.9. The summed E-state index contributed by atoms with van der Waals surface area (Å²) in [4.78, 5) is 13.9. The zero-order chi connectivity index (χ0) is 10.1. The van der Waals surface area contributed by atoms with E-state index in [0.717, 1.165) is 24.1 Å². The van der Waals surface area contributed by atoms with Crippen molar-refractivity contribution < 1.29 is 4.79 Å². The number of benzene rings is 1. The van der Waals surface area contributed by atoms with Crippen molar-refractivity contribution >= 4 is 5.91 Å². The number of hydrogen-bond acceptors (Lipinski definition) is 1. The van der Waals surface area contributed by atoms with Crippen LogP contribution in [-0.4, -0.2) is 16.8 Å². The fourth-order valence-electron chi connectivity index (χ4n) is 1.85. The summed E-state index contributed by atoms with van der Waals surface area (Å²) in [6, 6.07) is 8.22. The Morgan fingerprint density at radius 2 is 2.14 bits per heavy atom. The largest absolute Gasteiger partial charge is 0.332 e. The van der Waals surface area contributed by atoms with Gasteiger partial charge < -0.3 is 4.90 Å².